The molecular weight excluding hydrogens is 410 g/mol. The number of carbonyl (C=O) groups is 2. The molecule has 1 aromatic heterocycles. The molecule has 0 atom stereocenters. The largest absolute Gasteiger partial charge is 0.490 e. The van der Waals surface area contributed by atoms with Gasteiger partial charge in [0.1, 0.15) is 13.2 Å². The van der Waals surface area contributed by atoms with E-state index in [0.29, 0.717) is 54.8 Å². The molecule has 2 aromatic carbocycles. The Balaban J connectivity index is 1.52. The molecule has 4 rings (SSSR count). The molecule has 0 bridgehead atoms. The van der Waals surface area contributed by atoms with Crippen molar-refractivity contribution in [3.8, 4) is 11.5 Å². The fraction of sp³-hybridized carbons (Fsp3) is 0.208. The maximum Gasteiger partial charge on any atom is 0.414 e. The summed E-state index contributed by atoms with van der Waals surface area (Å²) in [6, 6.07) is 15.9. The van der Waals surface area contributed by atoms with E-state index in [-0.39, 0.29) is 5.91 Å². The topological polar surface area (TPSA) is 90.0 Å². The summed E-state index contributed by atoms with van der Waals surface area (Å²) in [7, 11) is 0. The Morgan fingerprint density at radius 2 is 2.00 bits per heavy atom. The van der Waals surface area contributed by atoms with Gasteiger partial charge in [-0.05, 0) is 43.3 Å². The van der Waals surface area contributed by atoms with E-state index >= 15 is 0 Å². The predicted octanol–water partition coefficient (Wildman–Crippen LogP) is 4.27. The Morgan fingerprint density at radius 3 is 2.75 bits per heavy atom. The summed E-state index contributed by atoms with van der Waals surface area (Å²) >= 11 is 0. The number of anilines is 2. The van der Waals surface area contributed by atoms with Gasteiger partial charge in [0.15, 0.2) is 11.5 Å². The first-order chi connectivity index (χ1) is 15.7. The van der Waals surface area contributed by atoms with Crippen LogP contribution >= 0.6 is 0 Å². The summed E-state index contributed by atoms with van der Waals surface area (Å²) < 4.78 is 16.6. The van der Waals surface area contributed by atoms with Crippen LogP contribution in [-0.4, -0.2) is 36.7 Å². The van der Waals surface area contributed by atoms with Gasteiger partial charge in [-0.1, -0.05) is 18.2 Å². The average molecular weight is 433 g/mol. The summed E-state index contributed by atoms with van der Waals surface area (Å²) in [5.74, 6) is 0.678. The molecule has 2 amide bonds. The first kappa shape index (κ1) is 21.2. The highest BCUT2D eigenvalue weighted by Gasteiger charge is 2.26. The molecule has 0 unspecified atom stereocenters. The van der Waals surface area contributed by atoms with E-state index in [0.717, 1.165) is 5.56 Å². The van der Waals surface area contributed by atoms with Crippen LogP contribution in [0.25, 0.3) is 0 Å². The number of nitrogens with zero attached hydrogens (tertiary/aromatic N) is 2. The minimum atomic E-state index is -0.430. The quantitative estimate of drug-likeness (QED) is 0.571. The molecule has 2 heterocycles. The number of hydrogen-bond donors (Lipinski definition) is 1. The first-order valence-electron chi connectivity index (χ1n) is 10.3. The lowest BCUT2D eigenvalue weighted by Gasteiger charge is -2.18. The van der Waals surface area contributed by atoms with Crippen LogP contribution in [0.5, 0.6) is 11.5 Å². The van der Waals surface area contributed by atoms with Crippen molar-refractivity contribution in [2.24, 2.45) is 0 Å². The molecular formula is C24H23N3O5. The van der Waals surface area contributed by atoms with Gasteiger partial charge in [-0.25, -0.2) is 4.79 Å². The summed E-state index contributed by atoms with van der Waals surface area (Å²) in [4.78, 5) is 30.5. The highest BCUT2D eigenvalue weighted by molar-refractivity contribution is 6.07. The minimum Gasteiger partial charge on any atom is -0.490 e. The zero-order chi connectivity index (χ0) is 22.3. The van der Waals surface area contributed by atoms with E-state index < -0.39 is 6.09 Å². The average Bonchev–Trinajstić information content (AvgIpc) is 3.25. The third kappa shape index (κ3) is 4.80. The van der Waals surface area contributed by atoms with E-state index in [1.807, 2.05) is 19.1 Å². The molecule has 8 heteroatoms. The molecule has 1 aliphatic rings. The van der Waals surface area contributed by atoms with Crippen molar-refractivity contribution in [1.82, 2.24) is 4.98 Å². The van der Waals surface area contributed by atoms with Gasteiger partial charge >= 0.3 is 6.09 Å². The second-order valence-electron chi connectivity index (χ2n) is 6.98. The summed E-state index contributed by atoms with van der Waals surface area (Å²) in [5, 5.41) is 2.88. The lowest BCUT2D eigenvalue weighted by atomic mass is 10.1. The van der Waals surface area contributed by atoms with E-state index in [1.54, 1.807) is 54.9 Å². The molecule has 0 aliphatic carbocycles. The van der Waals surface area contributed by atoms with Gasteiger partial charge in [-0.2, -0.15) is 0 Å². The van der Waals surface area contributed by atoms with Gasteiger partial charge in [-0.3, -0.25) is 14.7 Å². The number of benzene rings is 2. The van der Waals surface area contributed by atoms with Gasteiger partial charge in [-0.15, -0.1) is 0 Å². The number of ether oxygens (including phenoxy) is 3. The molecule has 1 aliphatic heterocycles. The smallest absolute Gasteiger partial charge is 0.414 e. The van der Waals surface area contributed by atoms with Crippen LogP contribution in [0.3, 0.4) is 0 Å². The highest BCUT2D eigenvalue weighted by Crippen LogP contribution is 2.31. The van der Waals surface area contributed by atoms with Crippen molar-refractivity contribution in [2.45, 2.75) is 13.5 Å². The normalized spacial score (nSPS) is 12.9. The van der Waals surface area contributed by atoms with Crippen molar-refractivity contribution in [3.05, 3.63) is 78.1 Å². The Kier molecular flexibility index (Phi) is 6.50. The third-order valence-electron chi connectivity index (χ3n) is 4.83. The number of nitrogens with one attached hydrogen (secondary N) is 1. The number of carbonyl (C=O) groups excluding carboxylic acids is 2. The number of rotatable bonds is 8. The van der Waals surface area contributed by atoms with Gasteiger partial charge in [0, 0.05) is 23.5 Å². The molecule has 1 saturated heterocycles. The van der Waals surface area contributed by atoms with Gasteiger partial charge < -0.3 is 19.5 Å². The van der Waals surface area contributed by atoms with Crippen LogP contribution in [0.15, 0.2) is 67.0 Å². The lowest BCUT2D eigenvalue weighted by molar-refractivity contribution is 0.102. The SMILES string of the molecule is CCOc1cc(C(=O)Nc2ccccc2N2CCOC2=O)ccc1OCc1cccnc1. The van der Waals surface area contributed by atoms with Gasteiger partial charge in [0.25, 0.3) is 5.91 Å². The van der Waals surface area contributed by atoms with Crippen molar-refractivity contribution in [3.63, 3.8) is 0 Å². The standard InChI is InChI=1S/C24H23N3O5/c1-2-30-22-14-18(9-10-21(22)32-16-17-6-5-11-25-15-17)23(28)26-19-7-3-4-8-20(19)27-12-13-31-24(27)29/h3-11,14-15H,2,12-13,16H2,1H3,(H,26,28). The molecule has 0 saturated carbocycles. The zero-order valence-electron chi connectivity index (χ0n) is 17.6. The Hall–Kier alpha value is -4.07. The van der Waals surface area contributed by atoms with E-state index in [4.69, 9.17) is 14.2 Å². The zero-order valence-corrected chi connectivity index (χ0v) is 17.6. The molecule has 1 N–H and O–H groups in total. The Labute approximate surface area is 185 Å². The predicted molar refractivity (Wildman–Crippen MR) is 119 cm³/mol. The monoisotopic (exact) mass is 433 g/mol. The van der Waals surface area contributed by atoms with Crippen LogP contribution in [0.1, 0.15) is 22.8 Å². The van der Waals surface area contributed by atoms with Crippen LogP contribution in [-0.2, 0) is 11.3 Å². The van der Waals surface area contributed by atoms with Crippen LogP contribution in [0, 0.1) is 0 Å². The van der Waals surface area contributed by atoms with E-state index in [2.05, 4.69) is 10.3 Å². The number of amides is 2. The Morgan fingerprint density at radius 1 is 1.12 bits per heavy atom. The number of para-hydroxylation sites is 2. The van der Waals surface area contributed by atoms with Crippen molar-refractivity contribution < 1.29 is 23.8 Å². The number of hydrogen-bond acceptors (Lipinski definition) is 6. The molecule has 32 heavy (non-hydrogen) atoms. The molecule has 8 nitrogen and oxygen atoms in total. The maximum atomic E-state index is 13.0. The van der Waals surface area contributed by atoms with Crippen molar-refractivity contribution >= 4 is 23.4 Å². The van der Waals surface area contributed by atoms with Crippen LogP contribution in [0.4, 0.5) is 16.2 Å². The van der Waals surface area contributed by atoms with Crippen LogP contribution < -0.4 is 19.7 Å². The van der Waals surface area contributed by atoms with Crippen molar-refractivity contribution in [2.75, 3.05) is 30.0 Å². The fourth-order valence-electron chi connectivity index (χ4n) is 3.30. The number of cyclic esters (lactones) is 1. The molecule has 1 fully saturated rings. The van der Waals surface area contributed by atoms with E-state index in [1.165, 1.54) is 4.90 Å². The maximum absolute atomic E-state index is 13.0. The molecule has 0 radical (unpaired) electrons. The molecule has 0 spiro atoms. The highest BCUT2D eigenvalue weighted by atomic mass is 16.6. The van der Waals surface area contributed by atoms with Crippen molar-refractivity contribution in [1.29, 1.82) is 0 Å². The Bertz CT molecular complexity index is 1100. The summed E-state index contributed by atoms with van der Waals surface area (Å²) in [6.07, 6.45) is 3.00. The third-order valence-corrected chi connectivity index (χ3v) is 4.83. The second-order valence-corrected chi connectivity index (χ2v) is 6.98. The molecule has 164 valence electrons. The fourth-order valence-corrected chi connectivity index (χ4v) is 3.30. The lowest BCUT2D eigenvalue weighted by Crippen LogP contribution is -2.25. The second kappa shape index (κ2) is 9.82. The molecule has 3 aromatic rings. The number of pyridine rings is 1. The van der Waals surface area contributed by atoms with Gasteiger partial charge in [0.05, 0.1) is 24.5 Å². The van der Waals surface area contributed by atoms with Crippen LogP contribution in [0.2, 0.25) is 0 Å². The number of aromatic nitrogens is 1. The summed E-state index contributed by atoms with van der Waals surface area (Å²) in [5.41, 5.74) is 2.44. The van der Waals surface area contributed by atoms with E-state index in [9.17, 15) is 9.59 Å². The van der Waals surface area contributed by atoms with Gasteiger partial charge in [0.2, 0.25) is 0 Å². The minimum absolute atomic E-state index is 0.319. The summed E-state index contributed by atoms with van der Waals surface area (Å²) in [6.45, 7) is 3.37. The first-order valence-corrected chi connectivity index (χ1v) is 10.3.